The molecule has 6 heteroatoms. The first-order valence-corrected chi connectivity index (χ1v) is 10.2. The average Bonchev–Trinajstić information content (AvgIpc) is 2.97. The molecule has 2 N–H and O–H groups in total. The zero-order valence-corrected chi connectivity index (χ0v) is 17.1. The molecular weight excluding hydrogens is 412 g/mol. The summed E-state index contributed by atoms with van der Waals surface area (Å²) >= 11 is 4.99. The second-order valence-electron chi connectivity index (χ2n) is 5.80. The van der Waals surface area contributed by atoms with E-state index in [9.17, 15) is 4.79 Å². The molecule has 0 aromatic heterocycles. The van der Waals surface area contributed by atoms with Gasteiger partial charge in [0.15, 0.2) is 5.50 Å². The molecule has 1 fully saturated rings. The summed E-state index contributed by atoms with van der Waals surface area (Å²) in [6, 6.07) is 14.1. The molecule has 2 aromatic rings. The van der Waals surface area contributed by atoms with E-state index in [4.69, 9.17) is 4.74 Å². The minimum absolute atomic E-state index is 0.0670. The topological polar surface area (TPSA) is 50.4 Å². The van der Waals surface area contributed by atoms with Gasteiger partial charge in [-0.05, 0) is 70.7 Å². The van der Waals surface area contributed by atoms with E-state index in [1.165, 1.54) is 17.3 Å². The minimum Gasteiger partial charge on any atom is -0.493 e. The van der Waals surface area contributed by atoms with Crippen molar-refractivity contribution in [2.75, 3.05) is 11.9 Å². The molecule has 1 atom stereocenters. The second-order valence-corrected chi connectivity index (χ2v) is 7.80. The maximum absolute atomic E-state index is 12.3. The fourth-order valence-corrected chi connectivity index (χ4v) is 4.08. The molecule has 0 saturated carbocycles. The maximum atomic E-state index is 12.3. The molecular formula is C20H21BrN2O2S. The van der Waals surface area contributed by atoms with Crippen molar-refractivity contribution >= 4 is 45.4 Å². The highest BCUT2D eigenvalue weighted by Crippen LogP contribution is 2.32. The Kier molecular flexibility index (Phi) is 6.27. The number of carbonyl (C=O) groups excluding carboxylic acids is 1. The van der Waals surface area contributed by atoms with E-state index in [0.717, 1.165) is 27.9 Å². The molecule has 0 aliphatic carbocycles. The lowest BCUT2D eigenvalue weighted by atomic mass is 10.1. The maximum Gasteiger partial charge on any atom is 0.260 e. The Morgan fingerprint density at radius 3 is 2.65 bits per heavy atom. The lowest BCUT2D eigenvalue weighted by Gasteiger charge is -2.12. The van der Waals surface area contributed by atoms with Crippen LogP contribution in [0, 0.1) is 0 Å². The van der Waals surface area contributed by atoms with Gasteiger partial charge in [-0.15, -0.1) is 0 Å². The van der Waals surface area contributed by atoms with Gasteiger partial charge >= 0.3 is 0 Å². The lowest BCUT2D eigenvalue weighted by molar-refractivity contribution is -0.116. The number of hydrogen-bond donors (Lipinski definition) is 2. The van der Waals surface area contributed by atoms with Crippen LogP contribution in [0.2, 0.25) is 0 Å². The van der Waals surface area contributed by atoms with Gasteiger partial charge in [0.2, 0.25) is 0 Å². The molecule has 2 aromatic carbocycles. The standard InChI is InChI=1S/C20H21BrN2O2S/c1-3-13-5-8-15(9-6-13)22-20-23-19(24)18(26-20)12-14-7-10-17(25-4-2)16(21)11-14/h5-12,20,22H,3-4H2,1-2H3,(H,23,24)/b18-12-/t20-/m0/s1. The summed E-state index contributed by atoms with van der Waals surface area (Å²) in [6.45, 7) is 4.69. The number of rotatable bonds is 6. The number of benzene rings is 2. The molecule has 0 unspecified atom stereocenters. The third-order valence-electron chi connectivity index (χ3n) is 3.94. The fraction of sp³-hybridized carbons (Fsp3) is 0.250. The van der Waals surface area contributed by atoms with Crippen LogP contribution in [0.15, 0.2) is 51.8 Å². The molecule has 1 aliphatic rings. The number of nitrogens with one attached hydrogen (secondary N) is 2. The minimum atomic E-state index is -0.174. The average molecular weight is 433 g/mol. The van der Waals surface area contributed by atoms with Crippen molar-refractivity contribution in [1.82, 2.24) is 5.32 Å². The molecule has 1 aliphatic heterocycles. The first-order chi connectivity index (χ1) is 12.6. The molecule has 0 spiro atoms. The lowest BCUT2D eigenvalue weighted by Crippen LogP contribution is -2.30. The zero-order chi connectivity index (χ0) is 18.5. The van der Waals surface area contributed by atoms with Gasteiger partial charge in [0.1, 0.15) is 5.75 Å². The summed E-state index contributed by atoms with van der Waals surface area (Å²) in [4.78, 5) is 12.9. The highest BCUT2D eigenvalue weighted by molar-refractivity contribution is 9.10. The number of anilines is 1. The number of halogens is 1. The number of amides is 1. The normalized spacial score (nSPS) is 18.0. The van der Waals surface area contributed by atoms with E-state index < -0.39 is 0 Å². The van der Waals surface area contributed by atoms with Crippen molar-refractivity contribution in [3.05, 3.63) is 63.0 Å². The van der Waals surface area contributed by atoms with Crippen LogP contribution in [0.1, 0.15) is 25.0 Å². The van der Waals surface area contributed by atoms with Gasteiger partial charge in [0.25, 0.3) is 5.91 Å². The van der Waals surface area contributed by atoms with Gasteiger partial charge in [-0.25, -0.2) is 0 Å². The van der Waals surface area contributed by atoms with E-state index >= 15 is 0 Å². The Morgan fingerprint density at radius 2 is 2.00 bits per heavy atom. The van der Waals surface area contributed by atoms with E-state index in [1.807, 2.05) is 43.3 Å². The number of carbonyl (C=O) groups is 1. The molecule has 4 nitrogen and oxygen atoms in total. The smallest absolute Gasteiger partial charge is 0.260 e. The van der Waals surface area contributed by atoms with Gasteiger partial charge in [0, 0.05) is 5.69 Å². The van der Waals surface area contributed by atoms with Crippen LogP contribution in [0.5, 0.6) is 5.75 Å². The number of hydrogen-bond acceptors (Lipinski definition) is 4. The highest BCUT2D eigenvalue weighted by Gasteiger charge is 2.27. The van der Waals surface area contributed by atoms with Gasteiger partial charge in [-0.3, -0.25) is 4.79 Å². The van der Waals surface area contributed by atoms with Crippen molar-refractivity contribution < 1.29 is 9.53 Å². The summed E-state index contributed by atoms with van der Waals surface area (Å²) in [5.41, 5.74) is 3.06. The number of thioether (sulfide) groups is 1. The second kappa shape index (κ2) is 8.64. The SMILES string of the molecule is CCOc1ccc(/C=C2\S[C@@H](Nc3ccc(CC)cc3)NC2=O)cc1Br. The molecule has 0 radical (unpaired) electrons. The Hall–Kier alpha value is -1.92. The first-order valence-electron chi connectivity index (χ1n) is 8.56. The molecule has 1 amide bonds. The van der Waals surface area contributed by atoms with Gasteiger partial charge < -0.3 is 15.4 Å². The number of ether oxygens (including phenoxy) is 1. The van der Waals surface area contributed by atoms with Crippen LogP contribution in [-0.2, 0) is 11.2 Å². The van der Waals surface area contributed by atoms with Crippen LogP contribution >= 0.6 is 27.7 Å². The highest BCUT2D eigenvalue weighted by atomic mass is 79.9. The van der Waals surface area contributed by atoms with Crippen molar-refractivity contribution in [1.29, 1.82) is 0 Å². The van der Waals surface area contributed by atoms with E-state index in [-0.39, 0.29) is 11.4 Å². The molecule has 1 heterocycles. The van der Waals surface area contributed by atoms with Gasteiger partial charge in [-0.2, -0.15) is 0 Å². The van der Waals surface area contributed by atoms with E-state index in [1.54, 1.807) is 0 Å². The summed E-state index contributed by atoms with van der Waals surface area (Å²) in [7, 11) is 0. The van der Waals surface area contributed by atoms with Crippen molar-refractivity contribution in [2.45, 2.75) is 25.8 Å². The summed E-state index contributed by atoms with van der Waals surface area (Å²) in [6.07, 6.45) is 2.90. The zero-order valence-electron chi connectivity index (χ0n) is 14.7. The third kappa shape index (κ3) is 4.62. The number of aryl methyl sites for hydroxylation is 1. The Labute approximate surface area is 166 Å². The van der Waals surface area contributed by atoms with Crippen LogP contribution < -0.4 is 15.4 Å². The Balaban J connectivity index is 1.68. The Morgan fingerprint density at radius 1 is 1.23 bits per heavy atom. The van der Waals surface area contributed by atoms with Crippen molar-refractivity contribution in [2.24, 2.45) is 0 Å². The van der Waals surface area contributed by atoms with Crippen LogP contribution in [0.25, 0.3) is 6.08 Å². The van der Waals surface area contributed by atoms with Crippen LogP contribution in [0.4, 0.5) is 5.69 Å². The van der Waals surface area contributed by atoms with Gasteiger partial charge in [-0.1, -0.05) is 36.9 Å². The van der Waals surface area contributed by atoms with Gasteiger partial charge in [0.05, 0.1) is 16.0 Å². The quantitative estimate of drug-likeness (QED) is 0.629. The van der Waals surface area contributed by atoms with Crippen molar-refractivity contribution in [3.8, 4) is 5.75 Å². The summed E-state index contributed by atoms with van der Waals surface area (Å²) in [5.74, 6) is 0.732. The Bertz CT molecular complexity index is 821. The summed E-state index contributed by atoms with van der Waals surface area (Å²) < 4.78 is 6.40. The predicted octanol–water partition coefficient (Wildman–Crippen LogP) is 5.01. The van der Waals surface area contributed by atoms with Crippen molar-refractivity contribution in [3.63, 3.8) is 0 Å². The molecule has 136 valence electrons. The monoisotopic (exact) mass is 432 g/mol. The molecule has 26 heavy (non-hydrogen) atoms. The van der Waals surface area contributed by atoms with Crippen LogP contribution in [-0.4, -0.2) is 18.0 Å². The van der Waals surface area contributed by atoms with E-state index in [0.29, 0.717) is 11.5 Å². The third-order valence-corrected chi connectivity index (χ3v) is 5.59. The molecule has 3 rings (SSSR count). The predicted molar refractivity (Wildman–Crippen MR) is 112 cm³/mol. The van der Waals surface area contributed by atoms with E-state index in [2.05, 4.69) is 45.6 Å². The fourth-order valence-electron chi connectivity index (χ4n) is 2.58. The molecule has 1 saturated heterocycles. The largest absolute Gasteiger partial charge is 0.493 e. The first kappa shape index (κ1) is 18.9. The molecule has 0 bridgehead atoms. The van der Waals surface area contributed by atoms with Crippen LogP contribution in [0.3, 0.4) is 0 Å². The summed E-state index contributed by atoms with van der Waals surface area (Å²) in [5, 5.41) is 6.29.